The zero-order valence-electron chi connectivity index (χ0n) is 20.6. The van der Waals surface area contributed by atoms with Crippen LogP contribution in [0.1, 0.15) is 22.4 Å². The van der Waals surface area contributed by atoms with Crippen LogP contribution in [-0.2, 0) is 4.79 Å². The van der Waals surface area contributed by atoms with E-state index in [1.807, 2.05) is 30.3 Å². The second-order valence-corrected chi connectivity index (χ2v) is 9.30. The summed E-state index contributed by atoms with van der Waals surface area (Å²) in [6.45, 7) is 0. The van der Waals surface area contributed by atoms with Gasteiger partial charge in [-0.2, -0.15) is 0 Å². The summed E-state index contributed by atoms with van der Waals surface area (Å²) < 4.78 is 16.8. The van der Waals surface area contributed by atoms with Crippen molar-refractivity contribution in [2.75, 3.05) is 17.3 Å². The summed E-state index contributed by atoms with van der Waals surface area (Å²) in [6, 6.07) is 23.7. The number of ketones is 1. The molecule has 194 valence electrons. The van der Waals surface area contributed by atoms with E-state index in [1.165, 1.54) is 24.3 Å². The van der Waals surface area contributed by atoms with Crippen molar-refractivity contribution in [2.45, 2.75) is 6.04 Å². The number of furan rings is 2. The molecular weight excluding hydrogens is 520 g/mol. The van der Waals surface area contributed by atoms with E-state index >= 15 is 0 Å². The summed E-state index contributed by atoms with van der Waals surface area (Å²) in [5.41, 5.74) is 2.34. The smallest absolute Gasteiger partial charge is 0.294 e. The second-order valence-electron chi connectivity index (χ2n) is 8.86. The number of nitrogens with one attached hydrogen (secondary N) is 1. The Morgan fingerprint density at radius 1 is 1.00 bits per heavy atom. The monoisotopic (exact) mass is 540 g/mol. The van der Waals surface area contributed by atoms with Crippen LogP contribution < -0.4 is 15.0 Å². The average molecular weight is 541 g/mol. The molecule has 5 aromatic rings. The molecule has 0 saturated carbocycles. The molecule has 0 radical (unpaired) electrons. The Morgan fingerprint density at radius 3 is 2.44 bits per heavy atom. The Bertz CT molecular complexity index is 1720. The zero-order chi connectivity index (χ0) is 27.1. The number of Topliss-reactive ketones (excluding diaryl/α,β-unsaturated/α-hetero) is 1. The Balaban J connectivity index is 1.38. The molecule has 1 amide bonds. The van der Waals surface area contributed by atoms with Gasteiger partial charge in [-0.3, -0.25) is 14.5 Å². The maximum absolute atomic E-state index is 13.8. The minimum Gasteiger partial charge on any atom is -0.503 e. The van der Waals surface area contributed by atoms with E-state index in [0.717, 1.165) is 11.4 Å². The fourth-order valence-corrected chi connectivity index (χ4v) is 4.91. The number of hydrogen-bond donors (Lipinski definition) is 2. The van der Waals surface area contributed by atoms with Crippen molar-refractivity contribution in [3.8, 4) is 5.75 Å². The third kappa shape index (κ3) is 4.30. The van der Waals surface area contributed by atoms with E-state index in [4.69, 9.17) is 25.2 Å². The molecule has 3 heterocycles. The van der Waals surface area contributed by atoms with Crippen LogP contribution in [0.4, 0.5) is 17.1 Å². The highest BCUT2D eigenvalue weighted by Gasteiger charge is 2.46. The topological polar surface area (TPSA) is 105 Å². The molecule has 3 aromatic carbocycles. The van der Waals surface area contributed by atoms with Gasteiger partial charge in [-0.1, -0.05) is 29.8 Å². The number of aliphatic hydroxyl groups excluding tert-OH is 1. The van der Waals surface area contributed by atoms with Gasteiger partial charge in [0.15, 0.2) is 22.9 Å². The highest BCUT2D eigenvalue weighted by molar-refractivity contribution is 6.31. The lowest BCUT2D eigenvalue weighted by Gasteiger charge is -2.25. The zero-order valence-corrected chi connectivity index (χ0v) is 21.3. The van der Waals surface area contributed by atoms with E-state index in [9.17, 15) is 14.7 Å². The number of anilines is 3. The third-order valence-corrected chi connectivity index (χ3v) is 6.68. The van der Waals surface area contributed by atoms with Crippen molar-refractivity contribution in [3.05, 3.63) is 119 Å². The SMILES string of the molecule is COc1cc(Cl)cc2cc(C(=O)C3=C(O)C(=O)N(c4ccc(Nc5ccccc5)cc4)C3c3ccco3)oc12. The van der Waals surface area contributed by atoms with Crippen molar-refractivity contribution in [3.63, 3.8) is 0 Å². The van der Waals surface area contributed by atoms with Crippen molar-refractivity contribution in [1.29, 1.82) is 0 Å². The van der Waals surface area contributed by atoms with Crippen LogP contribution in [0.3, 0.4) is 0 Å². The molecule has 0 fully saturated rings. The molecule has 9 heteroatoms. The number of fused-ring (bicyclic) bond motifs is 1. The normalized spacial score (nSPS) is 15.3. The lowest BCUT2D eigenvalue weighted by Crippen LogP contribution is -2.30. The van der Waals surface area contributed by atoms with Gasteiger partial charge in [0.1, 0.15) is 11.8 Å². The van der Waals surface area contributed by atoms with Crippen molar-refractivity contribution < 1.29 is 28.3 Å². The number of carbonyl (C=O) groups excluding carboxylic acids is 2. The Morgan fingerprint density at radius 2 is 1.74 bits per heavy atom. The molecule has 0 bridgehead atoms. The highest BCUT2D eigenvalue weighted by atomic mass is 35.5. The molecule has 2 N–H and O–H groups in total. The quantitative estimate of drug-likeness (QED) is 0.210. The number of carbonyl (C=O) groups is 2. The van der Waals surface area contributed by atoms with Gasteiger partial charge in [0.25, 0.3) is 5.91 Å². The first kappa shape index (κ1) is 24.4. The third-order valence-electron chi connectivity index (χ3n) is 6.46. The molecule has 0 spiro atoms. The molecule has 1 atom stereocenters. The number of halogens is 1. The van der Waals surface area contributed by atoms with E-state index in [1.54, 1.807) is 48.5 Å². The number of aliphatic hydroxyl groups is 1. The van der Waals surface area contributed by atoms with Gasteiger partial charge in [0.05, 0.1) is 18.9 Å². The lowest BCUT2D eigenvalue weighted by atomic mass is 9.99. The number of amides is 1. The number of para-hydroxylation sites is 1. The predicted octanol–water partition coefficient (Wildman–Crippen LogP) is 7.21. The van der Waals surface area contributed by atoms with E-state index < -0.39 is 23.5 Å². The summed E-state index contributed by atoms with van der Waals surface area (Å²) >= 11 is 6.17. The number of hydrogen-bond acceptors (Lipinski definition) is 7. The van der Waals surface area contributed by atoms with Crippen LogP contribution in [0, 0.1) is 0 Å². The van der Waals surface area contributed by atoms with Gasteiger partial charge in [0.2, 0.25) is 5.78 Å². The fourth-order valence-electron chi connectivity index (χ4n) is 4.70. The maximum atomic E-state index is 13.8. The van der Waals surface area contributed by atoms with E-state index in [2.05, 4.69) is 5.32 Å². The van der Waals surface area contributed by atoms with Crippen molar-refractivity contribution in [2.24, 2.45) is 0 Å². The predicted molar refractivity (Wildman–Crippen MR) is 147 cm³/mol. The molecule has 1 aliphatic heterocycles. The molecule has 1 unspecified atom stereocenters. The second kappa shape index (κ2) is 9.74. The lowest BCUT2D eigenvalue weighted by molar-refractivity contribution is -0.117. The van der Waals surface area contributed by atoms with Crippen LogP contribution in [0.5, 0.6) is 5.75 Å². The first-order chi connectivity index (χ1) is 18.9. The van der Waals surface area contributed by atoms with Crippen molar-refractivity contribution >= 4 is 51.3 Å². The molecule has 6 rings (SSSR count). The number of benzene rings is 3. The first-order valence-electron chi connectivity index (χ1n) is 12.0. The van der Waals surface area contributed by atoms with Crippen LogP contribution in [-0.4, -0.2) is 23.9 Å². The maximum Gasteiger partial charge on any atom is 0.294 e. The Labute approximate surface area is 227 Å². The van der Waals surface area contributed by atoms with Gasteiger partial charge < -0.3 is 24.0 Å². The molecular formula is C30H21ClN2O6. The van der Waals surface area contributed by atoms with Crippen LogP contribution in [0.15, 0.2) is 111 Å². The van der Waals surface area contributed by atoms with E-state index in [-0.39, 0.29) is 11.3 Å². The summed E-state index contributed by atoms with van der Waals surface area (Å²) in [5, 5.41) is 15.2. The minimum absolute atomic E-state index is 0.0827. The number of rotatable bonds is 7. The summed E-state index contributed by atoms with van der Waals surface area (Å²) in [6.07, 6.45) is 1.44. The molecule has 39 heavy (non-hydrogen) atoms. The number of methoxy groups -OCH3 is 1. The van der Waals surface area contributed by atoms with Crippen LogP contribution in [0.2, 0.25) is 5.02 Å². The van der Waals surface area contributed by atoms with E-state index in [0.29, 0.717) is 33.2 Å². The molecule has 8 nitrogen and oxygen atoms in total. The fraction of sp³-hybridized carbons (Fsp3) is 0.0667. The Hall–Kier alpha value is -4.95. The minimum atomic E-state index is -1.02. The molecule has 0 saturated heterocycles. The number of nitrogens with zero attached hydrogens (tertiary/aromatic N) is 1. The van der Waals surface area contributed by atoms with Gasteiger partial charge in [-0.05, 0) is 60.7 Å². The van der Waals surface area contributed by atoms with Crippen LogP contribution in [0.25, 0.3) is 11.0 Å². The molecule has 2 aromatic heterocycles. The summed E-state index contributed by atoms with van der Waals surface area (Å²) in [5.74, 6) is -1.51. The standard InChI is InChI=1S/C30H21ClN2O6/c1-37-24-16-18(31)14-17-15-23(39-29(17)24)27(34)25-26(22-8-5-13-38-22)33(30(36)28(25)35)21-11-9-20(10-12-21)32-19-6-3-2-4-7-19/h2-16,26,32,35H,1H3. The van der Waals surface area contributed by atoms with Gasteiger partial charge in [-0.25, -0.2) is 0 Å². The largest absolute Gasteiger partial charge is 0.503 e. The Kier molecular flexibility index (Phi) is 6.09. The summed E-state index contributed by atoms with van der Waals surface area (Å²) in [7, 11) is 1.46. The number of ether oxygens (including phenoxy) is 1. The van der Waals surface area contributed by atoms with Gasteiger partial charge in [-0.15, -0.1) is 0 Å². The average Bonchev–Trinajstić information content (AvgIpc) is 3.68. The first-order valence-corrected chi connectivity index (χ1v) is 12.4. The van der Waals surface area contributed by atoms with Crippen molar-refractivity contribution in [1.82, 2.24) is 0 Å². The summed E-state index contributed by atoms with van der Waals surface area (Å²) in [4.78, 5) is 28.5. The molecule has 1 aliphatic rings. The highest BCUT2D eigenvalue weighted by Crippen LogP contribution is 2.43. The van der Waals surface area contributed by atoms with Gasteiger partial charge in [0, 0.05) is 33.5 Å². The van der Waals surface area contributed by atoms with Crippen LogP contribution >= 0.6 is 11.6 Å². The molecule has 0 aliphatic carbocycles. The van der Waals surface area contributed by atoms with Gasteiger partial charge >= 0.3 is 0 Å².